The molecule has 0 aromatic rings. The average molecular weight is 332 g/mol. The Bertz CT molecular complexity index is 534. The molecule has 0 aromatic heterocycles. The number of esters is 1. The Labute approximate surface area is 146 Å². The van der Waals surface area contributed by atoms with Crippen LogP contribution in [-0.2, 0) is 14.3 Å². The molecule has 134 valence electrons. The number of hydrogen-bond donors (Lipinski definition) is 0. The smallest absolute Gasteiger partial charge is 0.306 e. The lowest BCUT2D eigenvalue weighted by molar-refractivity contribution is -0.214. The van der Waals surface area contributed by atoms with Crippen LogP contribution in [0, 0.1) is 36.0 Å². The highest BCUT2D eigenvalue weighted by molar-refractivity contribution is 5.69. The summed E-state index contributed by atoms with van der Waals surface area (Å²) in [6.45, 7) is 9.08. The average Bonchev–Trinajstić information content (AvgIpc) is 2.99. The van der Waals surface area contributed by atoms with E-state index in [2.05, 4.69) is 33.6 Å². The van der Waals surface area contributed by atoms with Gasteiger partial charge >= 0.3 is 5.97 Å². The molecular formula is C21H32O3. The number of fused-ring (bicyclic) bond motifs is 4. The van der Waals surface area contributed by atoms with Crippen LogP contribution in [0.1, 0.15) is 72.6 Å². The van der Waals surface area contributed by atoms with Crippen LogP contribution in [0.2, 0.25) is 0 Å². The van der Waals surface area contributed by atoms with Gasteiger partial charge in [-0.2, -0.15) is 0 Å². The fourth-order valence-electron chi connectivity index (χ4n) is 5.52. The van der Waals surface area contributed by atoms with Gasteiger partial charge in [-0.1, -0.05) is 27.2 Å². The van der Waals surface area contributed by atoms with Crippen LogP contribution in [0.4, 0.5) is 0 Å². The van der Waals surface area contributed by atoms with Crippen molar-refractivity contribution < 1.29 is 14.3 Å². The standard InChI is InChI=1S/C21H32O3/c1-6-7-8-9-19(22)23-18-13-21(14(2)3)12-16-15(4)10-11-17(16)20(18,5)24-21/h1,14-18H,7-13H2,2-5H3/t15?,16?,17-,18?,20?,21?/m1/s1. The van der Waals surface area contributed by atoms with E-state index in [-0.39, 0.29) is 23.3 Å². The van der Waals surface area contributed by atoms with Crippen LogP contribution in [0.25, 0.3) is 0 Å². The van der Waals surface area contributed by atoms with E-state index in [1.807, 2.05) is 0 Å². The molecule has 6 atom stereocenters. The topological polar surface area (TPSA) is 35.5 Å². The van der Waals surface area contributed by atoms with E-state index in [9.17, 15) is 4.79 Å². The number of hydrogen-bond acceptors (Lipinski definition) is 3. The van der Waals surface area contributed by atoms with E-state index >= 15 is 0 Å². The predicted octanol–water partition coefficient (Wildman–Crippen LogP) is 4.34. The molecule has 3 rings (SSSR count). The Morgan fingerprint density at radius 3 is 2.79 bits per heavy atom. The van der Waals surface area contributed by atoms with Crippen LogP contribution < -0.4 is 0 Å². The molecule has 3 nitrogen and oxygen atoms in total. The molecule has 0 radical (unpaired) electrons. The minimum atomic E-state index is -0.320. The van der Waals surface area contributed by atoms with E-state index in [0.29, 0.717) is 37.0 Å². The summed E-state index contributed by atoms with van der Waals surface area (Å²) in [6.07, 6.45) is 11.3. The summed E-state index contributed by atoms with van der Waals surface area (Å²) in [5.74, 6) is 4.88. The fourth-order valence-corrected chi connectivity index (χ4v) is 5.52. The Morgan fingerprint density at radius 1 is 1.38 bits per heavy atom. The third kappa shape index (κ3) is 2.77. The molecule has 2 heterocycles. The third-order valence-corrected chi connectivity index (χ3v) is 7.12. The van der Waals surface area contributed by atoms with Crippen molar-refractivity contribution in [2.75, 3.05) is 0 Å². The van der Waals surface area contributed by atoms with Crippen molar-refractivity contribution in [3.05, 3.63) is 0 Å². The first kappa shape index (κ1) is 17.8. The second-order valence-electron chi connectivity index (χ2n) is 8.77. The molecule has 0 N–H and O–H groups in total. The molecule has 0 amide bonds. The zero-order chi connectivity index (χ0) is 17.5. The predicted molar refractivity (Wildman–Crippen MR) is 94.2 cm³/mol. The van der Waals surface area contributed by atoms with Gasteiger partial charge in [-0.05, 0) is 49.9 Å². The first-order chi connectivity index (χ1) is 11.3. The lowest BCUT2D eigenvalue weighted by Crippen LogP contribution is -2.53. The molecule has 0 aromatic carbocycles. The maximum absolute atomic E-state index is 12.3. The minimum absolute atomic E-state index is 0.112. The molecule has 3 heteroatoms. The molecule has 24 heavy (non-hydrogen) atoms. The lowest BCUT2D eigenvalue weighted by atomic mass is 9.72. The molecule has 1 saturated carbocycles. The SMILES string of the molecule is C#CCCCC(=O)OC1CC2(C(C)C)CC3C(C)CC[C@H]3C1(C)O2. The van der Waals surface area contributed by atoms with Crippen molar-refractivity contribution in [3.63, 3.8) is 0 Å². The molecule has 2 saturated heterocycles. The first-order valence-electron chi connectivity index (χ1n) is 9.65. The Balaban J connectivity index is 1.79. The maximum Gasteiger partial charge on any atom is 0.306 e. The van der Waals surface area contributed by atoms with Crippen molar-refractivity contribution in [1.29, 1.82) is 0 Å². The van der Waals surface area contributed by atoms with E-state index in [4.69, 9.17) is 15.9 Å². The summed E-state index contributed by atoms with van der Waals surface area (Å²) < 4.78 is 12.7. The summed E-state index contributed by atoms with van der Waals surface area (Å²) in [5.41, 5.74) is -0.446. The number of rotatable bonds is 5. The Kier molecular flexibility index (Phi) is 4.73. The summed E-state index contributed by atoms with van der Waals surface area (Å²) in [7, 11) is 0. The van der Waals surface area contributed by atoms with Crippen molar-refractivity contribution >= 4 is 5.97 Å². The van der Waals surface area contributed by atoms with Gasteiger partial charge in [-0.15, -0.1) is 12.3 Å². The van der Waals surface area contributed by atoms with Gasteiger partial charge in [0.05, 0.1) is 5.60 Å². The molecule has 1 aliphatic carbocycles. The Hall–Kier alpha value is -1.01. The van der Waals surface area contributed by atoms with E-state index in [1.165, 1.54) is 12.8 Å². The molecule has 2 bridgehead atoms. The number of ether oxygens (including phenoxy) is 2. The van der Waals surface area contributed by atoms with Crippen LogP contribution in [0.3, 0.4) is 0 Å². The Morgan fingerprint density at radius 2 is 2.12 bits per heavy atom. The van der Waals surface area contributed by atoms with Gasteiger partial charge in [0.1, 0.15) is 11.7 Å². The van der Waals surface area contributed by atoms with Gasteiger partial charge in [0.25, 0.3) is 0 Å². The third-order valence-electron chi connectivity index (χ3n) is 7.12. The van der Waals surface area contributed by atoms with Gasteiger partial charge in [0.2, 0.25) is 0 Å². The zero-order valence-corrected chi connectivity index (χ0v) is 15.6. The summed E-state index contributed by atoms with van der Waals surface area (Å²) in [5, 5.41) is 0. The summed E-state index contributed by atoms with van der Waals surface area (Å²) in [6, 6.07) is 0. The summed E-state index contributed by atoms with van der Waals surface area (Å²) in [4.78, 5) is 12.3. The monoisotopic (exact) mass is 332 g/mol. The second-order valence-corrected chi connectivity index (χ2v) is 8.77. The van der Waals surface area contributed by atoms with E-state index in [0.717, 1.165) is 18.8 Å². The molecule has 5 unspecified atom stereocenters. The fraction of sp³-hybridized carbons (Fsp3) is 0.857. The normalized spacial score (nSPS) is 43.5. The van der Waals surface area contributed by atoms with E-state index in [1.54, 1.807) is 0 Å². The minimum Gasteiger partial charge on any atom is -0.459 e. The summed E-state index contributed by atoms with van der Waals surface area (Å²) >= 11 is 0. The highest BCUT2D eigenvalue weighted by Crippen LogP contribution is 2.62. The molecule has 2 aliphatic heterocycles. The van der Waals surface area contributed by atoms with Crippen molar-refractivity contribution in [2.24, 2.45) is 23.7 Å². The number of carbonyl (C=O) groups excluding carboxylic acids is 1. The quantitative estimate of drug-likeness (QED) is 0.427. The second kappa shape index (κ2) is 6.37. The van der Waals surface area contributed by atoms with Gasteiger partial charge in [-0.3, -0.25) is 4.79 Å². The van der Waals surface area contributed by atoms with Gasteiger partial charge in [0.15, 0.2) is 0 Å². The lowest BCUT2D eigenvalue weighted by Gasteiger charge is -2.48. The largest absolute Gasteiger partial charge is 0.459 e. The molecule has 3 fully saturated rings. The van der Waals surface area contributed by atoms with Crippen LogP contribution >= 0.6 is 0 Å². The maximum atomic E-state index is 12.3. The van der Waals surface area contributed by atoms with Gasteiger partial charge < -0.3 is 9.47 Å². The highest BCUT2D eigenvalue weighted by atomic mass is 16.6. The van der Waals surface area contributed by atoms with Crippen LogP contribution in [-0.4, -0.2) is 23.3 Å². The van der Waals surface area contributed by atoms with Crippen molar-refractivity contribution in [1.82, 2.24) is 0 Å². The van der Waals surface area contributed by atoms with Crippen molar-refractivity contribution in [2.45, 2.75) is 89.9 Å². The van der Waals surface area contributed by atoms with Crippen LogP contribution in [0.5, 0.6) is 0 Å². The first-order valence-corrected chi connectivity index (χ1v) is 9.65. The number of unbranched alkanes of at least 4 members (excludes halogenated alkanes) is 1. The molecule has 3 aliphatic rings. The zero-order valence-electron chi connectivity index (χ0n) is 15.6. The number of carbonyl (C=O) groups is 1. The van der Waals surface area contributed by atoms with Crippen LogP contribution in [0.15, 0.2) is 0 Å². The number of terminal acetylenes is 1. The van der Waals surface area contributed by atoms with E-state index < -0.39 is 0 Å². The molecular weight excluding hydrogens is 300 g/mol. The van der Waals surface area contributed by atoms with Crippen molar-refractivity contribution in [3.8, 4) is 12.3 Å². The highest BCUT2D eigenvalue weighted by Gasteiger charge is 2.66. The van der Waals surface area contributed by atoms with Gasteiger partial charge in [0, 0.05) is 19.3 Å². The molecule has 0 spiro atoms. The van der Waals surface area contributed by atoms with Gasteiger partial charge in [-0.25, -0.2) is 0 Å².